The van der Waals surface area contributed by atoms with Crippen LogP contribution in [0.2, 0.25) is 0 Å². The molecule has 0 N–H and O–H groups in total. The molecule has 0 aromatic heterocycles. The van der Waals surface area contributed by atoms with Gasteiger partial charge in [0, 0.05) is 0 Å². The van der Waals surface area contributed by atoms with Crippen molar-refractivity contribution < 1.29 is 0 Å². The minimum absolute atomic E-state index is 0.269. The van der Waals surface area contributed by atoms with Crippen LogP contribution in [0.1, 0.15) is 31.9 Å². The molecule has 0 spiro atoms. The molecule has 1 aromatic carbocycles. The van der Waals surface area contributed by atoms with E-state index in [1.54, 1.807) is 0 Å². The van der Waals surface area contributed by atoms with Crippen molar-refractivity contribution in [1.82, 2.24) is 0 Å². The third-order valence-corrected chi connectivity index (χ3v) is 1.85. The summed E-state index contributed by atoms with van der Waals surface area (Å²) in [6.45, 7) is 8.73. The van der Waals surface area contributed by atoms with Crippen LogP contribution in [0.4, 0.5) is 0 Å². The fraction of sp³-hybridized carbons (Fsp3) is 0.385. The van der Waals surface area contributed by atoms with Gasteiger partial charge < -0.3 is 0 Å². The molecular weight excluding hydrogens is 156 g/mol. The minimum Gasteiger partial charge on any atom is -0.0785 e. The van der Waals surface area contributed by atoms with Crippen LogP contribution < -0.4 is 0 Å². The van der Waals surface area contributed by atoms with E-state index in [1.807, 2.05) is 0 Å². The van der Waals surface area contributed by atoms with Gasteiger partial charge in [-0.05, 0) is 17.9 Å². The second kappa shape index (κ2) is 3.78. The lowest BCUT2D eigenvalue weighted by atomic mass is 9.95. The second-order valence-corrected chi connectivity index (χ2v) is 4.61. The van der Waals surface area contributed by atoms with Crippen molar-refractivity contribution in [2.24, 2.45) is 5.41 Å². The summed E-state index contributed by atoms with van der Waals surface area (Å²) in [4.78, 5) is 0. The highest BCUT2D eigenvalue weighted by atomic mass is 14.1. The summed E-state index contributed by atoms with van der Waals surface area (Å²) in [6, 6.07) is 8.58. The summed E-state index contributed by atoms with van der Waals surface area (Å²) < 4.78 is 0. The molecule has 1 rings (SSSR count). The quantitative estimate of drug-likeness (QED) is 0.602. The van der Waals surface area contributed by atoms with Crippen molar-refractivity contribution in [1.29, 1.82) is 0 Å². The first-order valence-corrected chi connectivity index (χ1v) is 4.73. The number of hydrogen-bond donors (Lipinski definition) is 0. The molecule has 1 aromatic rings. The normalized spacial score (nSPS) is 12.3. The average molecular weight is 174 g/mol. The molecule has 0 amide bonds. The summed E-state index contributed by atoms with van der Waals surface area (Å²) >= 11 is 0. The topological polar surface area (TPSA) is 0 Å². The van der Waals surface area contributed by atoms with Crippen molar-refractivity contribution in [3.8, 4) is 0 Å². The second-order valence-electron chi connectivity index (χ2n) is 4.61. The van der Waals surface area contributed by atoms with Crippen molar-refractivity contribution in [2.45, 2.75) is 27.7 Å². The lowest BCUT2D eigenvalue weighted by Gasteiger charge is -2.10. The summed E-state index contributed by atoms with van der Waals surface area (Å²) in [5, 5.41) is 0. The predicted octanol–water partition coefficient (Wildman–Crippen LogP) is 4.05. The van der Waals surface area contributed by atoms with Gasteiger partial charge in [-0.2, -0.15) is 0 Å². The maximum atomic E-state index is 2.23. The molecule has 0 heterocycles. The zero-order valence-electron chi connectivity index (χ0n) is 8.96. The van der Waals surface area contributed by atoms with Crippen molar-refractivity contribution >= 4 is 6.08 Å². The number of rotatable bonds is 1. The number of allylic oxidation sites excluding steroid dienone is 1. The van der Waals surface area contributed by atoms with Gasteiger partial charge in [0.05, 0.1) is 0 Å². The Morgan fingerprint density at radius 3 is 2.00 bits per heavy atom. The molecule has 0 bridgehead atoms. The Kier molecular flexibility index (Phi) is 2.92. The predicted molar refractivity (Wildman–Crippen MR) is 59.7 cm³/mol. The van der Waals surface area contributed by atoms with Gasteiger partial charge in [-0.15, -0.1) is 0 Å². The van der Waals surface area contributed by atoms with Crippen LogP contribution in [-0.2, 0) is 0 Å². The molecule has 0 aliphatic heterocycles. The Morgan fingerprint density at radius 1 is 1.00 bits per heavy atom. The molecule has 13 heavy (non-hydrogen) atoms. The number of benzene rings is 1. The van der Waals surface area contributed by atoms with Gasteiger partial charge in [0.25, 0.3) is 0 Å². The standard InChI is InChI=1S/C13H18/c1-11-5-7-12(8-6-11)9-10-13(2,3)4/h5-10H,1-4H3. The van der Waals surface area contributed by atoms with E-state index >= 15 is 0 Å². The third kappa shape index (κ3) is 3.93. The van der Waals surface area contributed by atoms with E-state index in [0.717, 1.165) is 0 Å². The van der Waals surface area contributed by atoms with E-state index in [4.69, 9.17) is 0 Å². The Labute approximate surface area is 81.3 Å². The monoisotopic (exact) mass is 174 g/mol. The smallest absolute Gasteiger partial charge is 0.0200 e. The SMILES string of the molecule is Cc1ccc(C=CC(C)(C)C)cc1. The van der Waals surface area contributed by atoms with E-state index < -0.39 is 0 Å². The molecule has 0 heteroatoms. The molecule has 0 nitrogen and oxygen atoms in total. The molecule has 0 saturated heterocycles. The zero-order chi connectivity index (χ0) is 9.90. The van der Waals surface area contributed by atoms with Crippen LogP contribution in [0, 0.1) is 12.3 Å². The number of hydrogen-bond acceptors (Lipinski definition) is 0. The van der Waals surface area contributed by atoms with Crippen LogP contribution in [0.15, 0.2) is 30.3 Å². The largest absolute Gasteiger partial charge is 0.0785 e. The Balaban J connectivity index is 2.75. The van der Waals surface area contributed by atoms with Gasteiger partial charge in [0.1, 0.15) is 0 Å². The minimum atomic E-state index is 0.269. The van der Waals surface area contributed by atoms with Gasteiger partial charge >= 0.3 is 0 Å². The molecular formula is C13H18. The van der Waals surface area contributed by atoms with Crippen LogP contribution in [0.25, 0.3) is 6.08 Å². The Morgan fingerprint density at radius 2 is 1.54 bits per heavy atom. The van der Waals surface area contributed by atoms with Gasteiger partial charge in [-0.1, -0.05) is 62.8 Å². The van der Waals surface area contributed by atoms with Gasteiger partial charge in [-0.3, -0.25) is 0 Å². The first-order chi connectivity index (χ1) is 5.97. The highest BCUT2D eigenvalue weighted by molar-refractivity contribution is 5.50. The molecule has 0 aliphatic carbocycles. The molecule has 0 fully saturated rings. The summed E-state index contributed by atoms with van der Waals surface area (Å²) in [7, 11) is 0. The summed E-state index contributed by atoms with van der Waals surface area (Å²) in [5.41, 5.74) is 2.86. The van der Waals surface area contributed by atoms with Gasteiger partial charge in [-0.25, -0.2) is 0 Å². The summed E-state index contributed by atoms with van der Waals surface area (Å²) in [5.74, 6) is 0. The van der Waals surface area contributed by atoms with Gasteiger partial charge in [0.15, 0.2) is 0 Å². The van der Waals surface area contributed by atoms with E-state index in [1.165, 1.54) is 11.1 Å². The molecule has 0 atom stereocenters. The Hall–Kier alpha value is -1.04. The van der Waals surface area contributed by atoms with E-state index in [-0.39, 0.29) is 5.41 Å². The zero-order valence-corrected chi connectivity index (χ0v) is 8.96. The lowest BCUT2D eigenvalue weighted by Crippen LogP contribution is -1.97. The van der Waals surface area contributed by atoms with E-state index in [0.29, 0.717) is 0 Å². The highest BCUT2D eigenvalue weighted by Crippen LogP contribution is 2.17. The summed E-state index contributed by atoms with van der Waals surface area (Å²) in [6.07, 6.45) is 4.41. The van der Waals surface area contributed by atoms with Crippen LogP contribution >= 0.6 is 0 Å². The average Bonchev–Trinajstić information content (AvgIpc) is 2.02. The highest BCUT2D eigenvalue weighted by Gasteiger charge is 2.02. The molecule has 0 saturated carbocycles. The maximum absolute atomic E-state index is 2.23. The first-order valence-electron chi connectivity index (χ1n) is 4.73. The molecule has 0 radical (unpaired) electrons. The van der Waals surface area contributed by atoms with Crippen LogP contribution in [0.3, 0.4) is 0 Å². The fourth-order valence-electron chi connectivity index (χ4n) is 1.02. The van der Waals surface area contributed by atoms with Crippen molar-refractivity contribution in [3.63, 3.8) is 0 Å². The van der Waals surface area contributed by atoms with E-state index in [9.17, 15) is 0 Å². The van der Waals surface area contributed by atoms with Crippen molar-refractivity contribution in [3.05, 3.63) is 41.5 Å². The van der Waals surface area contributed by atoms with Crippen molar-refractivity contribution in [2.75, 3.05) is 0 Å². The Bertz CT molecular complexity index is 283. The van der Waals surface area contributed by atoms with Crippen LogP contribution in [-0.4, -0.2) is 0 Å². The fourth-order valence-corrected chi connectivity index (χ4v) is 1.02. The lowest BCUT2D eigenvalue weighted by molar-refractivity contribution is 0.547. The first kappa shape index (κ1) is 10.0. The molecule has 0 aliphatic rings. The molecule has 0 unspecified atom stereocenters. The number of aryl methyl sites for hydroxylation is 1. The van der Waals surface area contributed by atoms with Crippen LogP contribution in [0.5, 0.6) is 0 Å². The van der Waals surface area contributed by atoms with E-state index in [2.05, 4.69) is 64.1 Å². The molecule has 70 valence electrons. The van der Waals surface area contributed by atoms with Gasteiger partial charge in [0.2, 0.25) is 0 Å². The third-order valence-electron chi connectivity index (χ3n) is 1.85. The maximum Gasteiger partial charge on any atom is -0.0200 e.